The summed E-state index contributed by atoms with van der Waals surface area (Å²) in [6.45, 7) is 4.43. The van der Waals surface area contributed by atoms with Crippen molar-refractivity contribution in [3.05, 3.63) is 84.4 Å². The Bertz CT molecular complexity index is 710. The van der Waals surface area contributed by atoms with Gasteiger partial charge in [0.2, 0.25) is 0 Å². The molecule has 0 aliphatic rings. The number of nitrogens with one attached hydrogen (secondary N) is 1. The molecule has 3 aromatic carbocycles. The van der Waals surface area contributed by atoms with Crippen LogP contribution in [0.4, 0.5) is 11.4 Å². The van der Waals surface area contributed by atoms with Gasteiger partial charge in [0.1, 0.15) is 0 Å². The fourth-order valence-electron chi connectivity index (χ4n) is 2.49. The van der Waals surface area contributed by atoms with E-state index in [1.165, 1.54) is 16.7 Å². The topological polar surface area (TPSA) is 12.0 Å². The van der Waals surface area contributed by atoms with E-state index in [9.17, 15) is 0 Å². The quantitative estimate of drug-likeness (QED) is 0.600. The largest absolute Gasteiger partial charge is 0.356 e. The Kier molecular flexibility index (Phi) is 4.24. The van der Waals surface area contributed by atoms with E-state index >= 15 is 0 Å². The molecule has 0 aliphatic heterocycles. The molecule has 0 saturated heterocycles. The molecule has 0 heterocycles. The fourth-order valence-corrected chi connectivity index (χ4v) is 2.49. The Labute approximate surface area is 132 Å². The third kappa shape index (κ3) is 3.37. The van der Waals surface area contributed by atoms with E-state index in [2.05, 4.69) is 92.0 Å². The van der Waals surface area contributed by atoms with Gasteiger partial charge in [0, 0.05) is 11.4 Å². The zero-order chi connectivity index (χ0) is 15.4. The van der Waals surface area contributed by atoms with Crippen molar-refractivity contribution >= 4 is 11.4 Å². The van der Waals surface area contributed by atoms with E-state index in [4.69, 9.17) is 0 Å². The van der Waals surface area contributed by atoms with Gasteiger partial charge >= 0.3 is 0 Å². The zero-order valence-corrected chi connectivity index (χ0v) is 13.1. The molecule has 1 heteroatoms. The van der Waals surface area contributed by atoms with Crippen molar-refractivity contribution in [2.45, 2.75) is 19.8 Å². The Morgan fingerprint density at radius 2 is 1.09 bits per heavy atom. The molecular weight excluding hydrogens is 266 g/mol. The minimum absolute atomic E-state index is 0.569. The lowest BCUT2D eigenvalue weighted by atomic mass is 10.0. The standard InChI is InChI=1S/C21H21N/c1-16(2)17-8-12-20(13-9-17)22-21-14-10-19(11-15-21)18-6-4-3-5-7-18/h3-16,22H,1-2H3. The highest BCUT2D eigenvalue weighted by atomic mass is 14.9. The maximum Gasteiger partial charge on any atom is 0.0384 e. The van der Waals surface area contributed by atoms with Crippen LogP contribution in [0.15, 0.2) is 78.9 Å². The number of anilines is 2. The second kappa shape index (κ2) is 6.48. The van der Waals surface area contributed by atoms with E-state index in [1.54, 1.807) is 0 Å². The van der Waals surface area contributed by atoms with Gasteiger partial charge in [0.15, 0.2) is 0 Å². The van der Waals surface area contributed by atoms with Crippen molar-refractivity contribution in [3.63, 3.8) is 0 Å². The van der Waals surface area contributed by atoms with Crippen LogP contribution in [0.2, 0.25) is 0 Å². The molecule has 3 rings (SSSR count). The van der Waals surface area contributed by atoms with E-state index in [-0.39, 0.29) is 0 Å². The van der Waals surface area contributed by atoms with Gasteiger partial charge in [0.25, 0.3) is 0 Å². The van der Waals surface area contributed by atoms with Crippen LogP contribution in [0.25, 0.3) is 11.1 Å². The van der Waals surface area contributed by atoms with Crippen molar-refractivity contribution in [2.75, 3.05) is 5.32 Å². The first-order chi connectivity index (χ1) is 10.7. The molecule has 0 spiro atoms. The Morgan fingerprint density at radius 1 is 0.591 bits per heavy atom. The van der Waals surface area contributed by atoms with Gasteiger partial charge in [-0.05, 0) is 46.9 Å². The summed E-state index contributed by atoms with van der Waals surface area (Å²) in [5, 5.41) is 3.45. The molecule has 3 aromatic rings. The highest BCUT2D eigenvalue weighted by Gasteiger charge is 2.00. The molecule has 0 atom stereocenters. The average Bonchev–Trinajstić information content (AvgIpc) is 2.57. The molecule has 1 nitrogen and oxygen atoms in total. The molecule has 0 amide bonds. The van der Waals surface area contributed by atoms with Crippen molar-refractivity contribution in [3.8, 4) is 11.1 Å². The van der Waals surface area contributed by atoms with E-state index in [1.807, 2.05) is 6.07 Å². The molecule has 0 aliphatic carbocycles. The Balaban J connectivity index is 1.73. The first-order valence-electron chi connectivity index (χ1n) is 7.75. The summed E-state index contributed by atoms with van der Waals surface area (Å²) in [5.74, 6) is 0.569. The SMILES string of the molecule is CC(C)c1ccc(Nc2ccc(-c3ccccc3)cc2)cc1. The van der Waals surface area contributed by atoms with E-state index in [0.29, 0.717) is 5.92 Å². The summed E-state index contributed by atoms with van der Waals surface area (Å²) in [4.78, 5) is 0. The molecule has 0 radical (unpaired) electrons. The molecule has 0 saturated carbocycles. The predicted molar refractivity (Wildman–Crippen MR) is 95.7 cm³/mol. The van der Waals surface area contributed by atoms with Crippen LogP contribution in [0.1, 0.15) is 25.3 Å². The number of benzene rings is 3. The zero-order valence-electron chi connectivity index (χ0n) is 13.1. The van der Waals surface area contributed by atoms with Crippen molar-refractivity contribution < 1.29 is 0 Å². The molecular formula is C21H21N. The van der Waals surface area contributed by atoms with Crippen LogP contribution in [0.3, 0.4) is 0 Å². The van der Waals surface area contributed by atoms with E-state index in [0.717, 1.165) is 11.4 Å². The minimum atomic E-state index is 0.569. The first kappa shape index (κ1) is 14.4. The molecule has 0 unspecified atom stereocenters. The van der Waals surface area contributed by atoms with Gasteiger partial charge in [-0.3, -0.25) is 0 Å². The molecule has 110 valence electrons. The van der Waals surface area contributed by atoms with E-state index < -0.39 is 0 Å². The van der Waals surface area contributed by atoms with Crippen LogP contribution < -0.4 is 5.32 Å². The number of rotatable bonds is 4. The third-order valence-electron chi connectivity index (χ3n) is 3.86. The molecule has 1 N–H and O–H groups in total. The van der Waals surface area contributed by atoms with Crippen LogP contribution in [-0.4, -0.2) is 0 Å². The molecule has 22 heavy (non-hydrogen) atoms. The molecule has 0 fully saturated rings. The number of hydrogen-bond acceptors (Lipinski definition) is 1. The van der Waals surface area contributed by atoms with Crippen LogP contribution in [-0.2, 0) is 0 Å². The van der Waals surface area contributed by atoms with Crippen LogP contribution >= 0.6 is 0 Å². The minimum Gasteiger partial charge on any atom is -0.356 e. The summed E-state index contributed by atoms with van der Waals surface area (Å²) < 4.78 is 0. The van der Waals surface area contributed by atoms with Gasteiger partial charge in [-0.15, -0.1) is 0 Å². The number of hydrogen-bond donors (Lipinski definition) is 1. The summed E-state index contributed by atoms with van der Waals surface area (Å²) in [6.07, 6.45) is 0. The third-order valence-corrected chi connectivity index (χ3v) is 3.86. The second-order valence-corrected chi connectivity index (χ2v) is 5.85. The highest BCUT2D eigenvalue weighted by Crippen LogP contribution is 2.24. The fraction of sp³-hybridized carbons (Fsp3) is 0.143. The van der Waals surface area contributed by atoms with Crippen molar-refractivity contribution in [1.82, 2.24) is 0 Å². The smallest absolute Gasteiger partial charge is 0.0384 e. The maximum absolute atomic E-state index is 3.45. The second-order valence-electron chi connectivity index (χ2n) is 5.85. The van der Waals surface area contributed by atoms with Crippen molar-refractivity contribution in [1.29, 1.82) is 0 Å². The maximum atomic E-state index is 3.45. The lowest BCUT2D eigenvalue weighted by Crippen LogP contribution is -1.92. The summed E-state index contributed by atoms with van der Waals surface area (Å²) >= 11 is 0. The first-order valence-corrected chi connectivity index (χ1v) is 7.75. The Morgan fingerprint density at radius 3 is 1.64 bits per heavy atom. The highest BCUT2D eigenvalue weighted by molar-refractivity contribution is 5.68. The predicted octanol–water partition coefficient (Wildman–Crippen LogP) is 6.22. The summed E-state index contributed by atoms with van der Waals surface area (Å²) in [5.41, 5.74) is 6.08. The van der Waals surface area contributed by atoms with Gasteiger partial charge in [-0.2, -0.15) is 0 Å². The monoisotopic (exact) mass is 287 g/mol. The van der Waals surface area contributed by atoms with Gasteiger partial charge in [-0.25, -0.2) is 0 Å². The summed E-state index contributed by atoms with van der Waals surface area (Å²) in [6, 6.07) is 27.6. The van der Waals surface area contributed by atoms with Crippen LogP contribution in [0, 0.1) is 0 Å². The normalized spacial score (nSPS) is 10.7. The average molecular weight is 287 g/mol. The van der Waals surface area contributed by atoms with Gasteiger partial charge < -0.3 is 5.32 Å². The van der Waals surface area contributed by atoms with Crippen molar-refractivity contribution in [2.24, 2.45) is 0 Å². The van der Waals surface area contributed by atoms with Crippen LogP contribution in [0.5, 0.6) is 0 Å². The molecule has 0 aromatic heterocycles. The lowest BCUT2D eigenvalue weighted by Gasteiger charge is -2.10. The lowest BCUT2D eigenvalue weighted by molar-refractivity contribution is 0.867. The van der Waals surface area contributed by atoms with Gasteiger partial charge in [0.05, 0.1) is 0 Å². The summed E-state index contributed by atoms with van der Waals surface area (Å²) in [7, 11) is 0. The van der Waals surface area contributed by atoms with Gasteiger partial charge in [-0.1, -0.05) is 68.4 Å². The molecule has 0 bridgehead atoms. The Hall–Kier alpha value is -2.54.